The summed E-state index contributed by atoms with van der Waals surface area (Å²) >= 11 is 1.60. The fourth-order valence-corrected chi connectivity index (χ4v) is 4.03. The normalized spacial score (nSPS) is 19.1. The molecule has 0 N–H and O–H groups in total. The molecule has 4 heteroatoms. The van der Waals surface area contributed by atoms with Crippen molar-refractivity contribution in [3.8, 4) is 0 Å². The van der Waals surface area contributed by atoms with Crippen LogP contribution in [0.15, 0.2) is 29.2 Å². The molecule has 0 amide bonds. The highest BCUT2D eigenvalue weighted by atomic mass is 32.2. The molecular formula is C19H23FO2S. The maximum Gasteiger partial charge on any atom is 0.338 e. The van der Waals surface area contributed by atoms with Gasteiger partial charge in [-0.05, 0) is 56.2 Å². The number of hydrogen-bond acceptors (Lipinski definition) is 3. The second kappa shape index (κ2) is 7.52. The first-order valence-electron chi connectivity index (χ1n) is 8.53. The van der Waals surface area contributed by atoms with Crippen LogP contribution in [0.1, 0.15) is 51.0 Å². The Hall–Kier alpha value is -1.29. The predicted molar refractivity (Wildman–Crippen MR) is 91.8 cm³/mol. The zero-order valence-electron chi connectivity index (χ0n) is 13.5. The molecule has 2 aliphatic rings. The molecule has 2 nitrogen and oxygen atoms in total. The first kappa shape index (κ1) is 16.6. The molecule has 0 atom stereocenters. The van der Waals surface area contributed by atoms with Crippen LogP contribution in [0.5, 0.6) is 0 Å². The molecule has 0 spiro atoms. The molecule has 23 heavy (non-hydrogen) atoms. The number of carbonyl (C=O) groups is 1. The van der Waals surface area contributed by atoms with Gasteiger partial charge >= 0.3 is 5.97 Å². The maximum atomic E-state index is 14.4. The second-order valence-corrected chi connectivity index (χ2v) is 7.65. The lowest BCUT2D eigenvalue weighted by Gasteiger charge is -2.12. The Morgan fingerprint density at radius 3 is 2.65 bits per heavy atom. The average molecular weight is 334 g/mol. The summed E-state index contributed by atoms with van der Waals surface area (Å²) in [6.45, 7) is 2.12. The number of hydrogen-bond donors (Lipinski definition) is 0. The summed E-state index contributed by atoms with van der Waals surface area (Å²) in [5.74, 6) is -0.180. The van der Waals surface area contributed by atoms with Crippen LogP contribution in [0.2, 0.25) is 0 Å². The molecule has 1 aromatic carbocycles. The van der Waals surface area contributed by atoms with Crippen molar-refractivity contribution in [3.05, 3.63) is 35.7 Å². The van der Waals surface area contributed by atoms with Crippen molar-refractivity contribution in [1.82, 2.24) is 0 Å². The first-order chi connectivity index (χ1) is 11.2. The van der Waals surface area contributed by atoms with Crippen LogP contribution < -0.4 is 0 Å². The van der Waals surface area contributed by atoms with Crippen molar-refractivity contribution < 1.29 is 13.9 Å². The van der Waals surface area contributed by atoms with Gasteiger partial charge in [0, 0.05) is 10.1 Å². The third-order valence-corrected chi connectivity index (χ3v) is 5.75. The Labute approximate surface area is 141 Å². The van der Waals surface area contributed by atoms with Crippen LogP contribution in [-0.4, -0.2) is 17.8 Å². The summed E-state index contributed by atoms with van der Waals surface area (Å²) in [5, 5.41) is 0.564. The Morgan fingerprint density at radius 2 is 2.04 bits per heavy atom. The van der Waals surface area contributed by atoms with E-state index >= 15 is 0 Å². The number of halogens is 1. The van der Waals surface area contributed by atoms with Crippen LogP contribution in [0.3, 0.4) is 0 Å². The Balaban J connectivity index is 1.85. The number of esters is 1. The number of rotatable bonds is 6. The van der Waals surface area contributed by atoms with Gasteiger partial charge in [0.25, 0.3) is 0 Å². The van der Waals surface area contributed by atoms with E-state index in [9.17, 15) is 9.18 Å². The van der Waals surface area contributed by atoms with Crippen molar-refractivity contribution >= 4 is 23.3 Å². The summed E-state index contributed by atoms with van der Waals surface area (Å²) < 4.78 is 19.5. The highest BCUT2D eigenvalue weighted by Gasteiger charge is 2.25. The van der Waals surface area contributed by atoms with Crippen LogP contribution in [0, 0.1) is 11.7 Å². The van der Waals surface area contributed by atoms with E-state index in [2.05, 4.69) is 0 Å². The molecule has 0 radical (unpaired) electrons. The summed E-state index contributed by atoms with van der Waals surface area (Å²) in [4.78, 5) is 13.0. The summed E-state index contributed by atoms with van der Waals surface area (Å²) in [5.41, 5.74) is 1.15. The van der Waals surface area contributed by atoms with E-state index in [1.54, 1.807) is 24.8 Å². The number of ether oxygens (including phenoxy) is 1. The number of allylic oxidation sites excluding steroid dienone is 1. The zero-order chi connectivity index (χ0) is 16.2. The van der Waals surface area contributed by atoms with Gasteiger partial charge in [-0.15, -0.1) is 11.8 Å². The Bertz CT molecular complexity index is 601. The SMILES string of the molecule is CCOC(=O)C(=CC1CCCC1)c1ccc(SC2CC2)c(F)c1. The van der Waals surface area contributed by atoms with Crippen LogP contribution in [-0.2, 0) is 9.53 Å². The Morgan fingerprint density at radius 1 is 1.30 bits per heavy atom. The van der Waals surface area contributed by atoms with E-state index in [1.807, 2.05) is 12.1 Å². The van der Waals surface area contributed by atoms with Crippen molar-refractivity contribution in [1.29, 1.82) is 0 Å². The van der Waals surface area contributed by atoms with E-state index < -0.39 is 0 Å². The molecule has 0 bridgehead atoms. The summed E-state index contributed by atoms with van der Waals surface area (Å²) in [6, 6.07) is 5.14. The second-order valence-electron chi connectivity index (χ2n) is 6.31. The number of benzene rings is 1. The highest BCUT2D eigenvalue weighted by molar-refractivity contribution is 8.00. The fourth-order valence-electron chi connectivity index (χ4n) is 2.98. The molecule has 2 saturated carbocycles. The molecular weight excluding hydrogens is 311 g/mol. The van der Waals surface area contributed by atoms with Crippen molar-refractivity contribution in [3.63, 3.8) is 0 Å². The predicted octanol–water partition coefficient (Wildman–Crippen LogP) is 5.22. The van der Waals surface area contributed by atoms with Crippen molar-refractivity contribution in [2.75, 3.05) is 6.61 Å². The van der Waals surface area contributed by atoms with Crippen LogP contribution in [0.25, 0.3) is 5.57 Å². The van der Waals surface area contributed by atoms with Crippen LogP contribution >= 0.6 is 11.8 Å². The van der Waals surface area contributed by atoms with E-state index in [0.29, 0.717) is 33.8 Å². The van der Waals surface area contributed by atoms with Gasteiger partial charge in [0.05, 0.1) is 12.2 Å². The van der Waals surface area contributed by atoms with Gasteiger partial charge in [0.1, 0.15) is 5.82 Å². The van der Waals surface area contributed by atoms with Gasteiger partial charge in [-0.1, -0.05) is 25.0 Å². The molecule has 124 valence electrons. The lowest BCUT2D eigenvalue weighted by molar-refractivity contribution is -0.136. The number of thioether (sulfide) groups is 1. The molecule has 0 saturated heterocycles. The topological polar surface area (TPSA) is 26.3 Å². The number of carbonyl (C=O) groups excluding carboxylic acids is 1. The van der Waals surface area contributed by atoms with Gasteiger partial charge < -0.3 is 4.74 Å². The van der Waals surface area contributed by atoms with Gasteiger partial charge in [-0.2, -0.15) is 0 Å². The van der Waals surface area contributed by atoms with Gasteiger partial charge in [-0.25, -0.2) is 9.18 Å². The largest absolute Gasteiger partial charge is 0.462 e. The molecule has 2 fully saturated rings. The molecule has 2 aliphatic carbocycles. The minimum absolute atomic E-state index is 0.235. The third kappa shape index (κ3) is 4.37. The highest BCUT2D eigenvalue weighted by Crippen LogP contribution is 2.40. The van der Waals surface area contributed by atoms with Gasteiger partial charge in [-0.3, -0.25) is 0 Å². The molecule has 0 heterocycles. The van der Waals surface area contributed by atoms with Gasteiger partial charge in [0.2, 0.25) is 0 Å². The van der Waals surface area contributed by atoms with Gasteiger partial charge in [0.15, 0.2) is 0 Å². The third-order valence-electron chi connectivity index (χ3n) is 4.36. The molecule has 0 aliphatic heterocycles. The summed E-state index contributed by atoms with van der Waals surface area (Å²) in [6.07, 6.45) is 8.92. The minimum atomic E-state index is -0.346. The lowest BCUT2D eigenvalue weighted by Crippen LogP contribution is -2.09. The molecule has 0 unspecified atom stereocenters. The quantitative estimate of drug-likeness (QED) is 0.527. The monoisotopic (exact) mass is 334 g/mol. The van der Waals surface area contributed by atoms with Crippen molar-refractivity contribution in [2.24, 2.45) is 5.92 Å². The van der Waals surface area contributed by atoms with E-state index in [4.69, 9.17) is 4.74 Å². The minimum Gasteiger partial charge on any atom is -0.462 e. The van der Waals surface area contributed by atoms with E-state index in [0.717, 1.165) is 12.8 Å². The zero-order valence-corrected chi connectivity index (χ0v) is 14.3. The van der Waals surface area contributed by atoms with Crippen molar-refractivity contribution in [2.45, 2.75) is 55.6 Å². The lowest BCUT2D eigenvalue weighted by atomic mass is 9.98. The average Bonchev–Trinajstić information content (AvgIpc) is 3.20. The molecule has 0 aromatic heterocycles. The smallest absolute Gasteiger partial charge is 0.338 e. The Kier molecular flexibility index (Phi) is 5.42. The standard InChI is InChI=1S/C19H23FO2S/c1-2-22-19(21)16(11-13-5-3-4-6-13)14-7-10-18(17(20)12-14)23-15-8-9-15/h7,10-13,15H,2-6,8-9H2,1H3. The molecule has 3 rings (SSSR count). The molecule has 1 aromatic rings. The van der Waals surface area contributed by atoms with E-state index in [1.165, 1.54) is 31.7 Å². The summed E-state index contributed by atoms with van der Waals surface area (Å²) in [7, 11) is 0. The maximum absolute atomic E-state index is 14.4. The van der Waals surface area contributed by atoms with E-state index in [-0.39, 0.29) is 11.8 Å². The first-order valence-corrected chi connectivity index (χ1v) is 9.41. The van der Waals surface area contributed by atoms with Crippen LogP contribution in [0.4, 0.5) is 4.39 Å². The fraction of sp³-hybridized carbons (Fsp3) is 0.526.